The normalized spacial score (nSPS) is 18.6. The van der Waals surface area contributed by atoms with Crippen LogP contribution < -0.4 is 10.0 Å². The predicted molar refractivity (Wildman–Crippen MR) is 122 cm³/mol. The van der Waals surface area contributed by atoms with Crippen molar-refractivity contribution in [2.24, 2.45) is 5.73 Å². The van der Waals surface area contributed by atoms with Crippen LogP contribution in [0.5, 0.6) is 0 Å². The third kappa shape index (κ3) is 3.31. The minimum absolute atomic E-state index is 0.00814. The first-order valence-corrected chi connectivity index (χ1v) is 11.7. The summed E-state index contributed by atoms with van der Waals surface area (Å²) < 4.78 is 63.1. The van der Waals surface area contributed by atoms with Gasteiger partial charge in [-0.1, -0.05) is 42.5 Å². The van der Waals surface area contributed by atoms with Gasteiger partial charge in [-0.05, 0) is 35.9 Å². The summed E-state index contributed by atoms with van der Waals surface area (Å²) in [5.74, 6) is -2.43. The lowest BCUT2D eigenvalue weighted by atomic mass is 9.88. The Morgan fingerprint density at radius 3 is 2.38 bits per heavy atom. The number of nitriles is 1. The molecule has 0 spiro atoms. The third-order valence-corrected chi connectivity index (χ3v) is 7.72. The summed E-state index contributed by atoms with van der Waals surface area (Å²) in [5.41, 5.74) is 7.18. The van der Waals surface area contributed by atoms with Gasteiger partial charge in [0, 0.05) is 11.1 Å². The van der Waals surface area contributed by atoms with Crippen LogP contribution >= 0.6 is 0 Å². The molecule has 0 saturated heterocycles. The summed E-state index contributed by atoms with van der Waals surface area (Å²) in [6.45, 7) is -0.278. The Kier molecular flexibility index (Phi) is 5.10. The largest absolute Gasteiger partial charge is 0.439 e. The number of para-hydroxylation sites is 1. The fourth-order valence-electron chi connectivity index (χ4n) is 4.25. The van der Waals surface area contributed by atoms with Crippen LogP contribution in [0.2, 0.25) is 0 Å². The molecule has 3 aromatic carbocycles. The van der Waals surface area contributed by atoms with E-state index in [1.165, 1.54) is 42.5 Å². The van der Waals surface area contributed by atoms with E-state index in [0.717, 1.165) is 4.31 Å². The molecule has 9 heteroatoms. The molecule has 3 aromatic rings. The zero-order valence-electron chi connectivity index (χ0n) is 17.6. The number of allylic oxidation sites excluding steroid dienone is 2. The fourth-order valence-corrected chi connectivity index (χ4v) is 6.15. The maximum atomic E-state index is 14.5. The zero-order chi connectivity index (χ0) is 24.0. The number of anilines is 1. The van der Waals surface area contributed by atoms with E-state index in [2.05, 4.69) is 0 Å². The Balaban J connectivity index is 1.77. The molecule has 2 aliphatic heterocycles. The molecule has 170 valence electrons. The molecular weight excluding hydrogens is 460 g/mol. The standard InChI is InChI=1S/C25H17F2N3O3S/c26-17-11-9-15(10-12-17)22-19(13-28)25(29)33-23-18-6-2-4-8-21(18)30(34(31,32)24(22)23)14-16-5-1-3-7-20(16)27/h1-12,22H,14,29H2/t22-/m0/s1. The van der Waals surface area contributed by atoms with Gasteiger partial charge in [0.2, 0.25) is 5.88 Å². The maximum absolute atomic E-state index is 14.5. The summed E-state index contributed by atoms with van der Waals surface area (Å²) in [6.07, 6.45) is 0. The predicted octanol–water partition coefficient (Wildman–Crippen LogP) is 4.49. The molecule has 6 nitrogen and oxygen atoms in total. The fraction of sp³-hybridized carbons (Fsp3) is 0.0800. The minimum atomic E-state index is -4.34. The number of hydrogen-bond acceptors (Lipinski definition) is 5. The molecule has 0 fully saturated rings. The highest BCUT2D eigenvalue weighted by Crippen LogP contribution is 2.51. The van der Waals surface area contributed by atoms with Gasteiger partial charge in [-0.2, -0.15) is 5.26 Å². The molecule has 0 aromatic heterocycles. The topological polar surface area (TPSA) is 96.4 Å². The van der Waals surface area contributed by atoms with Crippen molar-refractivity contribution < 1.29 is 21.9 Å². The average molecular weight is 477 g/mol. The van der Waals surface area contributed by atoms with Crippen LogP contribution in [0.4, 0.5) is 14.5 Å². The lowest BCUT2D eigenvalue weighted by molar-refractivity contribution is 0.357. The molecule has 0 aliphatic carbocycles. The van der Waals surface area contributed by atoms with E-state index >= 15 is 0 Å². The van der Waals surface area contributed by atoms with Crippen molar-refractivity contribution in [2.75, 3.05) is 4.31 Å². The molecule has 1 atom stereocenters. The second kappa shape index (κ2) is 8.01. The van der Waals surface area contributed by atoms with Gasteiger partial charge in [0.15, 0.2) is 5.76 Å². The van der Waals surface area contributed by atoms with Crippen molar-refractivity contribution in [3.05, 3.63) is 117 Å². The number of rotatable bonds is 3. The summed E-state index contributed by atoms with van der Waals surface area (Å²) in [5, 5.41) is 9.82. The molecule has 0 bridgehead atoms. The number of nitrogens with zero attached hydrogens (tertiary/aromatic N) is 2. The van der Waals surface area contributed by atoms with Gasteiger partial charge in [0.05, 0.1) is 18.2 Å². The monoisotopic (exact) mass is 477 g/mol. The lowest BCUT2D eigenvalue weighted by Gasteiger charge is -2.38. The van der Waals surface area contributed by atoms with Crippen LogP contribution in [0.1, 0.15) is 22.6 Å². The molecule has 0 radical (unpaired) electrons. The van der Waals surface area contributed by atoms with Crippen LogP contribution in [0, 0.1) is 23.0 Å². The Morgan fingerprint density at radius 2 is 1.68 bits per heavy atom. The van der Waals surface area contributed by atoms with Gasteiger partial charge in [0.1, 0.15) is 28.2 Å². The van der Waals surface area contributed by atoms with E-state index < -0.39 is 27.6 Å². The summed E-state index contributed by atoms with van der Waals surface area (Å²) >= 11 is 0. The van der Waals surface area contributed by atoms with Crippen LogP contribution in [-0.2, 0) is 21.3 Å². The summed E-state index contributed by atoms with van der Waals surface area (Å²) in [7, 11) is -4.34. The Morgan fingerprint density at radius 1 is 1.00 bits per heavy atom. The number of benzene rings is 3. The van der Waals surface area contributed by atoms with E-state index in [9.17, 15) is 22.5 Å². The third-order valence-electron chi connectivity index (χ3n) is 5.83. The quantitative estimate of drug-likeness (QED) is 0.600. The van der Waals surface area contributed by atoms with Crippen molar-refractivity contribution >= 4 is 21.5 Å². The Bertz CT molecular complexity index is 1520. The van der Waals surface area contributed by atoms with Crippen molar-refractivity contribution in [1.82, 2.24) is 0 Å². The molecule has 2 heterocycles. The van der Waals surface area contributed by atoms with Gasteiger partial charge in [-0.3, -0.25) is 4.31 Å². The van der Waals surface area contributed by atoms with Gasteiger partial charge in [0.25, 0.3) is 10.0 Å². The van der Waals surface area contributed by atoms with Crippen LogP contribution in [0.25, 0.3) is 5.76 Å². The second-order valence-corrected chi connectivity index (χ2v) is 9.62. The Labute approximate surface area is 194 Å². The molecule has 2 aliphatic rings. The number of nitrogens with two attached hydrogens (primary N) is 1. The van der Waals surface area contributed by atoms with Crippen LogP contribution in [0.3, 0.4) is 0 Å². The smallest absolute Gasteiger partial charge is 0.265 e. The van der Waals surface area contributed by atoms with Crippen molar-refractivity contribution in [2.45, 2.75) is 12.5 Å². The van der Waals surface area contributed by atoms with Gasteiger partial charge in [-0.15, -0.1) is 0 Å². The second-order valence-electron chi connectivity index (χ2n) is 7.79. The lowest BCUT2D eigenvalue weighted by Crippen LogP contribution is -2.39. The SMILES string of the molecule is N#CC1=C(N)OC2=C([C@H]1c1ccc(F)cc1)S(=O)(=O)N(Cc1ccccc1F)c1ccccc12. The highest BCUT2D eigenvalue weighted by atomic mass is 32.2. The molecule has 0 saturated carbocycles. The highest BCUT2D eigenvalue weighted by Gasteiger charge is 2.47. The highest BCUT2D eigenvalue weighted by molar-refractivity contribution is 7.96. The van der Waals surface area contributed by atoms with Gasteiger partial charge < -0.3 is 10.5 Å². The van der Waals surface area contributed by atoms with Crippen LogP contribution in [0.15, 0.2) is 89.2 Å². The first kappa shape index (κ1) is 21.7. The van der Waals surface area contributed by atoms with E-state index in [1.54, 1.807) is 30.3 Å². The van der Waals surface area contributed by atoms with Gasteiger partial charge in [-0.25, -0.2) is 17.2 Å². The first-order chi connectivity index (χ1) is 16.3. The molecular formula is C25H17F2N3O3S. The number of fused-ring (bicyclic) bond motifs is 2. The van der Waals surface area contributed by atoms with E-state index in [-0.39, 0.29) is 39.9 Å². The molecule has 34 heavy (non-hydrogen) atoms. The molecule has 0 unspecified atom stereocenters. The number of halogens is 2. The van der Waals surface area contributed by atoms with Crippen molar-refractivity contribution in [1.29, 1.82) is 5.26 Å². The molecule has 5 rings (SSSR count). The summed E-state index contributed by atoms with van der Waals surface area (Å²) in [4.78, 5) is -0.208. The first-order valence-electron chi connectivity index (χ1n) is 10.3. The number of hydrogen-bond donors (Lipinski definition) is 1. The Hall–Kier alpha value is -4.16. The van der Waals surface area contributed by atoms with E-state index in [1.807, 2.05) is 6.07 Å². The minimum Gasteiger partial charge on any atom is -0.439 e. The van der Waals surface area contributed by atoms with Crippen LogP contribution in [-0.4, -0.2) is 8.42 Å². The maximum Gasteiger partial charge on any atom is 0.265 e. The summed E-state index contributed by atoms with van der Waals surface area (Å²) in [6, 6.07) is 19.6. The number of sulfonamides is 1. The number of ether oxygens (including phenoxy) is 1. The van der Waals surface area contributed by atoms with Crippen molar-refractivity contribution in [3.63, 3.8) is 0 Å². The van der Waals surface area contributed by atoms with Crippen molar-refractivity contribution in [3.8, 4) is 6.07 Å². The zero-order valence-corrected chi connectivity index (χ0v) is 18.4. The van der Waals surface area contributed by atoms with Gasteiger partial charge >= 0.3 is 0 Å². The van der Waals surface area contributed by atoms with E-state index in [4.69, 9.17) is 10.5 Å². The van der Waals surface area contributed by atoms with E-state index in [0.29, 0.717) is 11.1 Å². The molecule has 0 amide bonds. The molecule has 2 N–H and O–H groups in total. The average Bonchev–Trinajstić information content (AvgIpc) is 2.82.